The molecular weight excluding hydrogens is 280 g/mol. The molecule has 106 valence electrons. The van der Waals surface area contributed by atoms with Crippen molar-refractivity contribution in [3.05, 3.63) is 23.2 Å². The Balaban J connectivity index is 1.89. The molecule has 0 radical (unpaired) electrons. The fourth-order valence-electron chi connectivity index (χ4n) is 2.46. The highest BCUT2D eigenvalue weighted by Crippen LogP contribution is 2.36. The first kappa shape index (κ1) is 13.2. The van der Waals surface area contributed by atoms with Crippen LogP contribution in [0.15, 0.2) is 18.2 Å². The number of nitrogens with zero attached hydrogens (tertiary/aromatic N) is 1. The van der Waals surface area contributed by atoms with Crippen molar-refractivity contribution in [1.82, 2.24) is 5.32 Å². The van der Waals surface area contributed by atoms with Crippen molar-refractivity contribution in [2.75, 3.05) is 18.6 Å². The molecule has 1 aliphatic heterocycles. The summed E-state index contributed by atoms with van der Waals surface area (Å²) in [5.74, 6) is 0.632. The number of halogens is 1. The van der Waals surface area contributed by atoms with Crippen molar-refractivity contribution in [2.24, 2.45) is 5.92 Å². The van der Waals surface area contributed by atoms with Gasteiger partial charge in [0.05, 0.1) is 12.1 Å². The Morgan fingerprint density at radius 1 is 1.35 bits per heavy atom. The molecule has 1 aromatic rings. The predicted octanol–water partition coefficient (Wildman–Crippen LogP) is 1.59. The summed E-state index contributed by atoms with van der Waals surface area (Å²) in [4.78, 5) is 25.7. The molecule has 2 amide bonds. The maximum atomic E-state index is 12.5. The van der Waals surface area contributed by atoms with Crippen molar-refractivity contribution in [2.45, 2.75) is 18.9 Å². The van der Waals surface area contributed by atoms with Crippen LogP contribution in [0.2, 0.25) is 5.02 Å². The van der Waals surface area contributed by atoms with Crippen molar-refractivity contribution in [1.29, 1.82) is 0 Å². The van der Waals surface area contributed by atoms with E-state index in [9.17, 15) is 9.59 Å². The molecule has 1 saturated heterocycles. The van der Waals surface area contributed by atoms with E-state index < -0.39 is 6.04 Å². The molecule has 1 unspecified atom stereocenters. The van der Waals surface area contributed by atoms with Gasteiger partial charge in [-0.05, 0) is 37.0 Å². The predicted molar refractivity (Wildman–Crippen MR) is 75.0 cm³/mol. The Labute approximate surface area is 121 Å². The Morgan fingerprint density at radius 2 is 2.10 bits per heavy atom. The number of piperazine rings is 1. The molecule has 1 saturated carbocycles. The lowest BCUT2D eigenvalue weighted by molar-refractivity contribution is -0.131. The van der Waals surface area contributed by atoms with Crippen molar-refractivity contribution >= 4 is 29.1 Å². The van der Waals surface area contributed by atoms with Crippen LogP contribution in [-0.4, -0.2) is 31.5 Å². The molecule has 20 heavy (non-hydrogen) atoms. The van der Waals surface area contributed by atoms with Crippen LogP contribution in [0.5, 0.6) is 5.75 Å². The fraction of sp³-hybridized carbons (Fsp3) is 0.429. The third-order valence-corrected chi connectivity index (χ3v) is 3.99. The molecule has 0 aromatic heterocycles. The third-order valence-electron chi connectivity index (χ3n) is 3.69. The van der Waals surface area contributed by atoms with E-state index in [0.717, 1.165) is 12.8 Å². The first-order valence-corrected chi connectivity index (χ1v) is 6.92. The molecule has 0 spiro atoms. The molecule has 1 aliphatic carbocycles. The maximum absolute atomic E-state index is 12.5. The number of hydrogen-bond acceptors (Lipinski definition) is 3. The average Bonchev–Trinajstić information content (AvgIpc) is 3.25. The van der Waals surface area contributed by atoms with Gasteiger partial charge in [-0.3, -0.25) is 9.59 Å². The largest absolute Gasteiger partial charge is 0.495 e. The number of hydrogen-bond donors (Lipinski definition) is 1. The minimum absolute atomic E-state index is 0.0325. The second kappa shape index (κ2) is 4.98. The van der Waals surface area contributed by atoms with E-state index in [1.807, 2.05) is 0 Å². The summed E-state index contributed by atoms with van der Waals surface area (Å²) in [6.07, 6.45) is 1.99. The lowest BCUT2D eigenvalue weighted by Gasteiger charge is -2.32. The highest BCUT2D eigenvalue weighted by atomic mass is 35.5. The Morgan fingerprint density at radius 3 is 2.70 bits per heavy atom. The summed E-state index contributed by atoms with van der Waals surface area (Å²) in [7, 11) is 1.53. The van der Waals surface area contributed by atoms with Crippen molar-refractivity contribution < 1.29 is 14.3 Å². The van der Waals surface area contributed by atoms with E-state index in [4.69, 9.17) is 16.3 Å². The van der Waals surface area contributed by atoms with E-state index >= 15 is 0 Å². The summed E-state index contributed by atoms with van der Waals surface area (Å²) >= 11 is 6.08. The monoisotopic (exact) mass is 294 g/mol. The second-order valence-electron chi connectivity index (χ2n) is 5.13. The number of rotatable bonds is 3. The van der Waals surface area contributed by atoms with Crippen LogP contribution in [0.25, 0.3) is 0 Å². The molecule has 0 bridgehead atoms. The fourth-order valence-corrected chi connectivity index (χ4v) is 2.71. The molecule has 2 aliphatic rings. The van der Waals surface area contributed by atoms with Crippen LogP contribution in [-0.2, 0) is 9.59 Å². The first-order chi connectivity index (χ1) is 9.60. The van der Waals surface area contributed by atoms with Crippen LogP contribution in [0, 0.1) is 5.92 Å². The molecule has 1 atom stereocenters. The highest BCUT2D eigenvalue weighted by molar-refractivity contribution is 6.32. The van der Waals surface area contributed by atoms with E-state index in [1.54, 1.807) is 18.2 Å². The summed E-state index contributed by atoms with van der Waals surface area (Å²) in [5, 5.41) is 3.20. The Hall–Kier alpha value is -1.75. The standard InChI is InChI=1S/C14H15ClN2O3/c1-20-11-5-4-9(6-10(11)15)17-7-12(18)16-13(14(17)19)8-2-3-8/h4-6,8,13H,2-3,7H2,1H3,(H,16,18). The van der Waals surface area contributed by atoms with Gasteiger partial charge in [0.15, 0.2) is 0 Å². The van der Waals surface area contributed by atoms with Crippen LogP contribution < -0.4 is 15.0 Å². The van der Waals surface area contributed by atoms with Gasteiger partial charge in [0.1, 0.15) is 18.3 Å². The van der Waals surface area contributed by atoms with E-state index in [2.05, 4.69) is 5.32 Å². The molecule has 1 aromatic carbocycles. The molecule has 3 rings (SSSR count). The second-order valence-corrected chi connectivity index (χ2v) is 5.53. The van der Waals surface area contributed by atoms with E-state index in [-0.39, 0.29) is 24.3 Å². The van der Waals surface area contributed by atoms with Crippen molar-refractivity contribution in [3.63, 3.8) is 0 Å². The topological polar surface area (TPSA) is 58.6 Å². The summed E-state index contributed by atoms with van der Waals surface area (Å²) in [6.45, 7) is 0.0325. The average molecular weight is 295 g/mol. The van der Waals surface area contributed by atoms with Gasteiger partial charge < -0.3 is 15.0 Å². The van der Waals surface area contributed by atoms with Crippen LogP contribution in [0.4, 0.5) is 5.69 Å². The summed E-state index contributed by atoms with van der Waals surface area (Å²) in [6, 6.07) is 4.70. The number of methoxy groups -OCH3 is 1. The number of ether oxygens (including phenoxy) is 1. The third kappa shape index (κ3) is 2.33. The zero-order valence-electron chi connectivity index (χ0n) is 11.1. The zero-order valence-corrected chi connectivity index (χ0v) is 11.8. The van der Waals surface area contributed by atoms with Gasteiger partial charge >= 0.3 is 0 Å². The zero-order chi connectivity index (χ0) is 14.3. The van der Waals surface area contributed by atoms with Crippen LogP contribution in [0.1, 0.15) is 12.8 Å². The minimum atomic E-state index is -0.392. The number of benzene rings is 1. The highest BCUT2D eigenvalue weighted by Gasteiger charge is 2.43. The van der Waals surface area contributed by atoms with Gasteiger partial charge in [0, 0.05) is 5.69 Å². The van der Waals surface area contributed by atoms with Gasteiger partial charge in [-0.2, -0.15) is 0 Å². The summed E-state index contributed by atoms with van der Waals surface area (Å²) < 4.78 is 5.09. The number of amides is 2. The molecule has 1 N–H and O–H groups in total. The van der Waals surface area contributed by atoms with Gasteiger partial charge in [0.25, 0.3) is 0 Å². The lowest BCUT2D eigenvalue weighted by atomic mass is 10.1. The smallest absolute Gasteiger partial charge is 0.250 e. The van der Waals surface area contributed by atoms with Crippen LogP contribution >= 0.6 is 11.6 Å². The molecule has 5 nitrogen and oxygen atoms in total. The number of carbonyl (C=O) groups is 2. The lowest BCUT2D eigenvalue weighted by Crippen LogP contribution is -2.59. The van der Waals surface area contributed by atoms with E-state index in [0.29, 0.717) is 16.5 Å². The number of anilines is 1. The first-order valence-electron chi connectivity index (χ1n) is 6.54. The van der Waals surface area contributed by atoms with Gasteiger partial charge in [0.2, 0.25) is 11.8 Å². The number of nitrogens with one attached hydrogen (secondary N) is 1. The normalized spacial score (nSPS) is 22.7. The Bertz CT molecular complexity index is 572. The molecule has 1 heterocycles. The molecular formula is C14H15ClN2O3. The van der Waals surface area contributed by atoms with Gasteiger partial charge in [-0.15, -0.1) is 0 Å². The van der Waals surface area contributed by atoms with E-state index in [1.165, 1.54) is 12.0 Å². The van der Waals surface area contributed by atoms with Crippen LogP contribution in [0.3, 0.4) is 0 Å². The minimum Gasteiger partial charge on any atom is -0.495 e. The molecule has 6 heteroatoms. The molecule has 2 fully saturated rings. The van der Waals surface area contributed by atoms with Gasteiger partial charge in [-0.25, -0.2) is 0 Å². The number of carbonyl (C=O) groups excluding carboxylic acids is 2. The van der Waals surface area contributed by atoms with Gasteiger partial charge in [-0.1, -0.05) is 11.6 Å². The maximum Gasteiger partial charge on any atom is 0.250 e. The summed E-state index contributed by atoms with van der Waals surface area (Å²) in [5.41, 5.74) is 0.626. The SMILES string of the molecule is COc1ccc(N2CC(=O)NC(C3CC3)C2=O)cc1Cl. The van der Waals surface area contributed by atoms with Crippen molar-refractivity contribution in [3.8, 4) is 5.75 Å². The quantitative estimate of drug-likeness (QED) is 0.921. The Kier molecular flexibility index (Phi) is 3.30.